The lowest BCUT2D eigenvalue weighted by atomic mass is 10.3. The Hall–Kier alpha value is -3.49. The second kappa shape index (κ2) is 8.06. The third kappa shape index (κ3) is 4.32. The van der Waals surface area contributed by atoms with Gasteiger partial charge >= 0.3 is 0 Å². The van der Waals surface area contributed by atoms with E-state index >= 15 is 0 Å². The van der Waals surface area contributed by atoms with Gasteiger partial charge in [0.15, 0.2) is 11.5 Å². The molecule has 3 rings (SSSR count). The van der Waals surface area contributed by atoms with Crippen LogP contribution in [-0.2, 0) is 0 Å². The molecule has 2 N–H and O–H groups in total. The van der Waals surface area contributed by atoms with E-state index in [1.54, 1.807) is 6.20 Å². The van der Waals surface area contributed by atoms with Gasteiger partial charge in [0, 0.05) is 33.3 Å². The molecule has 0 unspecified atom stereocenters. The third-order valence-electron chi connectivity index (χ3n) is 3.58. The molecule has 3 aromatic rings. The average molecular weight is 352 g/mol. The van der Waals surface area contributed by atoms with Crippen LogP contribution < -0.4 is 15.5 Å². The molecule has 0 aliphatic carbocycles. The SMILES string of the molecule is CN(C)c1cnnc(NCCNC(=O)c2cnn(-c3ccccc3)n2)c1. The molecule has 0 aliphatic heterocycles. The molecule has 0 bridgehead atoms. The molecule has 0 fully saturated rings. The molecule has 0 saturated carbocycles. The Bertz CT molecular complexity index is 862. The number of nitrogens with zero attached hydrogens (tertiary/aromatic N) is 6. The highest BCUT2D eigenvalue weighted by atomic mass is 16.2. The first-order valence-corrected chi connectivity index (χ1v) is 8.13. The first kappa shape index (κ1) is 17.3. The molecule has 0 atom stereocenters. The first-order valence-electron chi connectivity index (χ1n) is 8.13. The summed E-state index contributed by atoms with van der Waals surface area (Å²) >= 11 is 0. The van der Waals surface area contributed by atoms with Crippen LogP contribution in [0.15, 0.2) is 48.8 Å². The number of carbonyl (C=O) groups is 1. The number of amides is 1. The van der Waals surface area contributed by atoms with Gasteiger partial charge in [-0.15, -0.1) is 10.2 Å². The van der Waals surface area contributed by atoms with Crippen molar-refractivity contribution in [1.82, 2.24) is 30.5 Å². The monoisotopic (exact) mass is 352 g/mol. The Morgan fingerprint density at radius 1 is 1.15 bits per heavy atom. The summed E-state index contributed by atoms with van der Waals surface area (Å²) < 4.78 is 0. The summed E-state index contributed by atoms with van der Waals surface area (Å²) in [4.78, 5) is 15.5. The molecule has 0 aliphatic rings. The van der Waals surface area contributed by atoms with Crippen LogP contribution in [-0.4, -0.2) is 58.3 Å². The van der Waals surface area contributed by atoms with Gasteiger partial charge in [-0.05, 0) is 12.1 Å². The second-order valence-corrected chi connectivity index (χ2v) is 5.73. The minimum atomic E-state index is -0.276. The van der Waals surface area contributed by atoms with Crippen LogP contribution in [0.5, 0.6) is 0 Å². The van der Waals surface area contributed by atoms with Crippen LogP contribution in [0.25, 0.3) is 5.69 Å². The summed E-state index contributed by atoms with van der Waals surface area (Å²) in [5.41, 5.74) is 2.01. The van der Waals surface area contributed by atoms with Crippen LogP contribution in [0.2, 0.25) is 0 Å². The van der Waals surface area contributed by atoms with Crippen molar-refractivity contribution in [2.45, 2.75) is 0 Å². The van der Waals surface area contributed by atoms with E-state index in [0.29, 0.717) is 18.9 Å². The van der Waals surface area contributed by atoms with E-state index in [-0.39, 0.29) is 11.6 Å². The van der Waals surface area contributed by atoms with Gasteiger partial charge in [0.1, 0.15) is 0 Å². The molecular weight excluding hydrogens is 332 g/mol. The van der Waals surface area contributed by atoms with Crippen LogP contribution in [0.3, 0.4) is 0 Å². The Balaban J connectivity index is 1.49. The maximum Gasteiger partial charge on any atom is 0.273 e. The van der Waals surface area contributed by atoms with E-state index in [0.717, 1.165) is 11.4 Å². The number of carbonyl (C=O) groups excluding carboxylic acids is 1. The summed E-state index contributed by atoms with van der Waals surface area (Å²) in [6.45, 7) is 0.940. The third-order valence-corrected chi connectivity index (χ3v) is 3.58. The zero-order valence-corrected chi connectivity index (χ0v) is 14.6. The Kier molecular flexibility index (Phi) is 5.37. The quantitative estimate of drug-likeness (QED) is 0.611. The van der Waals surface area contributed by atoms with E-state index in [4.69, 9.17) is 0 Å². The molecule has 1 aromatic carbocycles. The molecule has 0 spiro atoms. The van der Waals surface area contributed by atoms with Crippen molar-refractivity contribution in [3.63, 3.8) is 0 Å². The highest BCUT2D eigenvalue weighted by Gasteiger charge is 2.10. The molecule has 2 heterocycles. The number of anilines is 2. The predicted molar refractivity (Wildman–Crippen MR) is 98.5 cm³/mol. The van der Waals surface area contributed by atoms with E-state index in [1.807, 2.05) is 55.4 Å². The molecule has 2 aromatic heterocycles. The average Bonchev–Trinajstić information content (AvgIpc) is 3.16. The number of hydrogen-bond acceptors (Lipinski definition) is 7. The zero-order chi connectivity index (χ0) is 18.4. The number of hydrogen-bond donors (Lipinski definition) is 2. The van der Waals surface area contributed by atoms with Crippen molar-refractivity contribution >= 4 is 17.4 Å². The Morgan fingerprint density at radius 2 is 1.96 bits per heavy atom. The molecule has 9 heteroatoms. The topological polar surface area (TPSA) is 101 Å². The number of benzene rings is 1. The fourth-order valence-corrected chi connectivity index (χ4v) is 2.20. The number of aromatic nitrogens is 5. The maximum absolute atomic E-state index is 12.2. The fourth-order valence-electron chi connectivity index (χ4n) is 2.20. The number of para-hydroxylation sites is 1. The largest absolute Gasteiger partial charge is 0.376 e. The Labute approximate surface area is 151 Å². The van der Waals surface area contributed by atoms with Crippen molar-refractivity contribution in [3.05, 3.63) is 54.5 Å². The smallest absolute Gasteiger partial charge is 0.273 e. The van der Waals surface area contributed by atoms with Gasteiger partial charge in [0.05, 0.1) is 23.8 Å². The molecule has 1 amide bonds. The highest BCUT2D eigenvalue weighted by Crippen LogP contribution is 2.12. The van der Waals surface area contributed by atoms with Crippen LogP contribution in [0, 0.1) is 0 Å². The van der Waals surface area contributed by atoms with Gasteiger partial charge in [-0.25, -0.2) is 0 Å². The minimum absolute atomic E-state index is 0.267. The molecule has 26 heavy (non-hydrogen) atoms. The van der Waals surface area contributed by atoms with Gasteiger partial charge < -0.3 is 15.5 Å². The van der Waals surface area contributed by atoms with E-state index in [2.05, 4.69) is 31.0 Å². The maximum atomic E-state index is 12.2. The van der Waals surface area contributed by atoms with Gasteiger partial charge in [-0.2, -0.15) is 15.0 Å². The summed E-state index contributed by atoms with van der Waals surface area (Å²) in [6.07, 6.45) is 3.13. The van der Waals surface area contributed by atoms with Gasteiger partial charge in [0.2, 0.25) is 0 Å². The van der Waals surface area contributed by atoms with Gasteiger partial charge in [-0.3, -0.25) is 4.79 Å². The van der Waals surface area contributed by atoms with Crippen molar-refractivity contribution in [1.29, 1.82) is 0 Å². The highest BCUT2D eigenvalue weighted by molar-refractivity contribution is 5.91. The standard InChI is InChI=1S/C17H20N8O/c1-24(2)14-10-16(22-20-11-14)18-8-9-19-17(26)15-12-21-25(23-15)13-6-4-3-5-7-13/h3-7,10-12H,8-9H2,1-2H3,(H,18,22)(H,19,26). The lowest BCUT2D eigenvalue weighted by Crippen LogP contribution is -2.29. The van der Waals surface area contributed by atoms with Crippen molar-refractivity contribution in [3.8, 4) is 5.69 Å². The van der Waals surface area contributed by atoms with Crippen LogP contribution in [0.1, 0.15) is 10.5 Å². The molecule has 0 radical (unpaired) electrons. The van der Waals surface area contributed by atoms with Crippen LogP contribution in [0.4, 0.5) is 11.5 Å². The van der Waals surface area contributed by atoms with Crippen molar-refractivity contribution in [2.24, 2.45) is 0 Å². The fraction of sp³-hybridized carbons (Fsp3) is 0.235. The lowest BCUT2D eigenvalue weighted by Gasteiger charge is -2.12. The summed E-state index contributed by atoms with van der Waals surface area (Å²) in [5, 5.41) is 22.2. The Morgan fingerprint density at radius 3 is 2.73 bits per heavy atom. The minimum Gasteiger partial charge on any atom is -0.376 e. The molecule has 9 nitrogen and oxygen atoms in total. The molecular formula is C17H20N8O. The van der Waals surface area contributed by atoms with Gasteiger partial charge in [0.25, 0.3) is 5.91 Å². The summed E-state index contributed by atoms with van der Waals surface area (Å²) in [7, 11) is 3.87. The van der Waals surface area contributed by atoms with E-state index in [1.165, 1.54) is 11.0 Å². The van der Waals surface area contributed by atoms with E-state index in [9.17, 15) is 4.79 Å². The van der Waals surface area contributed by atoms with E-state index < -0.39 is 0 Å². The van der Waals surface area contributed by atoms with Crippen molar-refractivity contribution < 1.29 is 4.79 Å². The molecule has 134 valence electrons. The second-order valence-electron chi connectivity index (χ2n) is 5.73. The molecule has 0 saturated heterocycles. The summed E-state index contributed by atoms with van der Waals surface area (Å²) in [6, 6.07) is 11.3. The predicted octanol–water partition coefficient (Wildman–Crippen LogP) is 0.965. The summed E-state index contributed by atoms with van der Waals surface area (Å²) in [5.74, 6) is 0.377. The normalized spacial score (nSPS) is 10.4. The lowest BCUT2D eigenvalue weighted by molar-refractivity contribution is 0.0950. The zero-order valence-electron chi connectivity index (χ0n) is 14.6. The number of rotatable bonds is 7. The first-order chi connectivity index (χ1) is 12.6. The van der Waals surface area contributed by atoms with Gasteiger partial charge in [-0.1, -0.05) is 18.2 Å². The number of nitrogens with one attached hydrogen (secondary N) is 2. The van der Waals surface area contributed by atoms with Crippen LogP contribution >= 0.6 is 0 Å². The van der Waals surface area contributed by atoms with Crippen molar-refractivity contribution in [2.75, 3.05) is 37.4 Å².